The number of hydrogen-bond donors (Lipinski definition) is 2. The van der Waals surface area contributed by atoms with Gasteiger partial charge in [-0.1, -0.05) is 19.0 Å². The van der Waals surface area contributed by atoms with E-state index in [1.54, 1.807) is 13.2 Å². The van der Waals surface area contributed by atoms with Crippen LogP contribution in [0, 0.1) is 5.41 Å². The summed E-state index contributed by atoms with van der Waals surface area (Å²) in [5, 5.41) is 16.9. The number of amides is 1. The smallest absolute Gasteiger partial charge is 0.273 e. The number of aromatic nitrogens is 1. The van der Waals surface area contributed by atoms with Crippen molar-refractivity contribution in [3.8, 4) is 0 Å². The van der Waals surface area contributed by atoms with Crippen LogP contribution in [-0.2, 0) is 11.3 Å². The van der Waals surface area contributed by atoms with E-state index in [-0.39, 0.29) is 30.2 Å². The second-order valence-corrected chi connectivity index (χ2v) is 6.68. The van der Waals surface area contributed by atoms with Gasteiger partial charge in [-0.15, -0.1) is 0 Å². The molecule has 1 saturated carbocycles. The van der Waals surface area contributed by atoms with Crippen molar-refractivity contribution in [1.82, 2.24) is 10.5 Å². The van der Waals surface area contributed by atoms with Gasteiger partial charge in [0.05, 0.1) is 5.60 Å². The summed E-state index contributed by atoms with van der Waals surface area (Å²) in [5.41, 5.74) is -0.330. The molecule has 1 aliphatic carbocycles. The fourth-order valence-electron chi connectivity index (χ4n) is 2.53. The molecule has 1 aliphatic rings. The van der Waals surface area contributed by atoms with Crippen LogP contribution >= 0.6 is 0 Å². The minimum Gasteiger partial charge on any atom is -0.388 e. The normalized spacial score (nSPS) is 20.2. The molecule has 0 unspecified atom stereocenters. The van der Waals surface area contributed by atoms with Crippen LogP contribution in [0.4, 0.5) is 0 Å². The summed E-state index contributed by atoms with van der Waals surface area (Å²) in [6.07, 6.45) is 3.32. The maximum Gasteiger partial charge on any atom is 0.273 e. The van der Waals surface area contributed by atoms with Crippen molar-refractivity contribution in [3.63, 3.8) is 0 Å². The summed E-state index contributed by atoms with van der Waals surface area (Å²) in [6.45, 7) is 4.93. The van der Waals surface area contributed by atoms with E-state index in [1.165, 1.54) is 0 Å². The van der Waals surface area contributed by atoms with E-state index in [2.05, 4.69) is 24.3 Å². The standard InChI is InChI=1S/C15H24N2O4/c1-14(2)4-6-15(19,7-5-14)10-16-13(18)12-8-11(9-20-3)21-17-12/h8,19H,4-7,9-10H2,1-3H3,(H,16,18). The van der Waals surface area contributed by atoms with Gasteiger partial charge in [0, 0.05) is 19.7 Å². The number of carbonyl (C=O) groups excluding carboxylic acids is 1. The van der Waals surface area contributed by atoms with Crippen molar-refractivity contribution in [3.05, 3.63) is 17.5 Å². The lowest BCUT2D eigenvalue weighted by Gasteiger charge is -2.40. The van der Waals surface area contributed by atoms with Gasteiger partial charge in [0.2, 0.25) is 0 Å². The molecule has 0 radical (unpaired) electrons. The lowest BCUT2D eigenvalue weighted by molar-refractivity contribution is -0.0233. The monoisotopic (exact) mass is 296 g/mol. The predicted octanol–water partition coefficient (Wildman–Crippen LogP) is 1.88. The summed E-state index contributed by atoms with van der Waals surface area (Å²) in [4.78, 5) is 12.0. The highest BCUT2D eigenvalue weighted by Crippen LogP contribution is 2.39. The van der Waals surface area contributed by atoms with Crippen LogP contribution in [0.25, 0.3) is 0 Å². The minimum absolute atomic E-state index is 0.210. The number of nitrogens with one attached hydrogen (secondary N) is 1. The van der Waals surface area contributed by atoms with Gasteiger partial charge in [-0.2, -0.15) is 0 Å². The first-order valence-corrected chi connectivity index (χ1v) is 7.29. The van der Waals surface area contributed by atoms with Crippen molar-refractivity contribution in [2.24, 2.45) is 5.41 Å². The quantitative estimate of drug-likeness (QED) is 0.866. The highest BCUT2D eigenvalue weighted by atomic mass is 16.5. The number of aliphatic hydroxyl groups is 1. The second kappa shape index (κ2) is 6.15. The molecule has 2 N–H and O–H groups in total. The van der Waals surface area contributed by atoms with Gasteiger partial charge in [-0.05, 0) is 31.1 Å². The zero-order valence-electron chi connectivity index (χ0n) is 12.9. The maximum atomic E-state index is 12.0. The first kappa shape index (κ1) is 16.0. The molecule has 0 saturated heterocycles. The zero-order valence-corrected chi connectivity index (χ0v) is 12.9. The lowest BCUT2D eigenvalue weighted by atomic mass is 9.71. The molecule has 0 aromatic carbocycles. The van der Waals surface area contributed by atoms with Gasteiger partial charge in [-0.25, -0.2) is 0 Å². The van der Waals surface area contributed by atoms with Crippen LogP contribution in [-0.4, -0.2) is 35.4 Å². The Morgan fingerprint density at radius 3 is 2.71 bits per heavy atom. The molecule has 0 atom stereocenters. The molecule has 0 spiro atoms. The van der Waals surface area contributed by atoms with Crippen molar-refractivity contribution >= 4 is 5.91 Å². The molecule has 0 aliphatic heterocycles. The number of nitrogens with zero attached hydrogens (tertiary/aromatic N) is 1. The third-order valence-corrected chi connectivity index (χ3v) is 4.19. The average Bonchev–Trinajstić information content (AvgIpc) is 2.90. The molecule has 1 aromatic rings. The molecule has 1 heterocycles. The van der Waals surface area contributed by atoms with E-state index in [1.807, 2.05) is 0 Å². The minimum atomic E-state index is -0.815. The Bertz CT molecular complexity index is 486. The maximum absolute atomic E-state index is 12.0. The molecular weight excluding hydrogens is 272 g/mol. The molecule has 21 heavy (non-hydrogen) atoms. The summed E-state index contributed by atoms with van der Waals surface area (Å²) >= 11 is 0. The molecule has 6 heteroatoms. The second-order valence-electron chi connectivity index (χ2n) is 6.68. The largest absolute Gasteiger partial charge is 0.388 e. The Labute approximate surface area is 124 Å². The highest BCUT2D eigenvalue weighted by Gasteiger charge is 2.36. The summed E-state index contributed by atoms with van der Waals surface area (Å²) in [5.74, 6) is 0.167. The fourth-order valence-corrected chi connectivity index (χ4v) is 2.53. The van der Waals surface area contributed by atoms with Gasteiger partial charge in [-0.3, -0.25) is 4.79 Å². The summed E-state index contributed by atoms with van der Waals surface area (Å²) in [6, 6.07) is 1.55. The molecule has 118 valence electrons. The number of ether oxygens (including phenoxy) is 1. The highest BCUT2D eigenvalue weighted by molar-refractivity contribution is 5.92. The van der Waals surface area contributed by atoms with Gasteiger partial charge in [0.15, 0.2) is 11.5 Å². The number of methoxy groups -OCH3 is 1. The Morgan fingerprint density at radius 1 is 1.43 bits per heavy atom. The molecule has 6 nitrogen and oxygen atoms in total. The van der Waals surface area contributed by atoms with Gasteiger partial charge in [0.1, 0.15) is 6.61 Å². The van der Waals surface area contributed by atoms with Crippen LogP contribution < -0.4 is 5.32 Å². The van der Waals surface area contributed by atoms with Crippen molar-refractivity contribution in [2.75, 3.05) is 13.7 Å². The first-order valence-electron chi connectivity index (χ1n) is 7.29. The van der Waals surface area contributed by atoms with Crippen molar-refractivity contribution in [2.45, 2.75) is 51.7 Å². The summed E-state index contributed by atoms with van der Waals surface area (Å²) < 4.78 is 9.88. The fraction of sp³-hybridized carbons (Fsp3) is 0.733. The predicted molar refractivity (Wildman–Crippen MR) is 76.7 cm³/mol. The first-order chi connectivity index (χ1) is 9.84. The van der Waals surface area contributed by atoms with Crippen LogP contribution in [0.3, 0.4) is 0 Å². The molecule has 1 aromatic heterocycles. The molecule has 2 rings (SSSR count). The molecule has 1 fully saturated rings. The van der Waals surface area contributed by atoms with Crippen molar-refractivity contribution < 1.29 is 19.2 Å². The Hall–Kier alpha value is -1.40. The number of hydrogen-bond acceptors (Lipinski definition) is 5. The summed E-state index contributed by atoms with van der Waals surface area (Å²) in [7, 11) is 1.54. The van der Waals surface area contributed by atoms with Crippen LogP contribution in [0.15, 0.2) is 10.6 Å². The van der Waals surface area contributed by atoms with Gasteiger partial charge < -0.3 is 19.7 Å². The zero-order chi connectivity index (χ0) is 15.5. The van der Waals surface area contributed by atoms with E-state index < -0.39 is 5.60 Å². The van der Waals surface area contributed by atoms with E-state index in [4.69, 9.17) is 9.26 Å². The van der Waals surface area contributed by atoms with E-state index in [0.717, 1.165) is 12.8 Å². The third kappa shape index (κ3) is 4.28. The Kier molecular flexibility index (Phi) is 4.68. The van der Waals surface area contributed by atoms with Crippen LogP contribution in [0.1, 0.15) is 55.8 Å². The molecule has 1 amide bonds. The van der Waals surface area contributed by atoms with Crippen LogP contribution in [0.5, 0.6) is 0 Å². The van der Waals surface area contributed by atoms with Gasteiger partial charge >= 0.3 is 0 Å². The molecule has 0 bridgehead atoms. The topological polar surface area (TPSA) is 84.6 Å². The Morgan fingerprint density at radius 2 is 2.10 bits per heavy atom. The number of carbonyl (C=O) groups is 1. The average molecular weight is 296 g/mol. The van der Waals surface area contributed by atoms with E-state index in [9.17, 15) is 9.90 Å². The third-order valence-electron chi connectivity index (χ3n) is 4.19. The van der Waals surface area contributed by atoms with Gasteiger partial charge in [0.25, 0.3) is 5.91 Å². The number of rotatable bonds is 5. The van der Waals surface area contributed by atoms with Crippen LogP contribution in [0.2, 0.25) is 0 Å². The van der Waals surface area contributed by atoms with E-state index >= 15 is 0 Å². The van der Waals surface area contributed by atoms with Crippen molar-refractivity contribution in [1.29, 1.82) is 0 Å². The SMILES string of the molecule is COCc1cc(C(=O)NCC2(O)CCC(C)(C)CC2)no1. The molecular formula is C15H24N2O4. The lowest BCUT2D eigenvalue weighted by Crippen LogP contribution is -2.46. The Balaban J connectivity index is 1.85. The van der Waals surface area contributed by atoms with E-state index in [0.29, 0.717) is 18.6 Å².